The molecular formula is C17H10N6O2S. The highest BCUT2D eigenvalue weighted by Gasteiger charge is 2.15. The quantitative estimate of drug-likeness (QED) is 0.487. The fraction of sp³-hybridized carbons (Fsp3) is 0. The second-order valence-electron chi connectivity index (χ2n) is 5.44. The number of benzene rings is 2. The van der Waals surface area contributed by atoms with Crippen LogP contribution >= 0.6 is 11.9 Å². The van der Waals surface area contributed by atoms with Gasteiger partial charge in [-0.05, 0) is 29.5 Å². The summed E-state index contributed by atoms with van der Waals surface area (Å²) in [6.45, 7) is 0. The van der Waals surface area contributed by atoms with Crippen molar-refractivity contribution >= 4 is 34.1 Å². The summed E-state index contributed by atoms with van der Waals surface area (Å²) in [5.41, 5.74) is 2.24. The Morgan fingerprint density at radius 2 is 1.81 bits per heavy atom. The van der Waals surface area contributed by atoms with Gasteiger partial charge in [-0.2, -0.15) is 5.10 Å². The highest BCUT2D eigenvalue weighted by Crippen LogP contribution is 2.23. The van der Waals surface area contributed by atoms with Gasteiger partial charge in [-0.15, -0.1) is 9.19 Å². The van der Waals surface area contributed by atoms with Crippen LogP contribution < -0.4 is 5.56 Å². The number of fused-ring (bicyclic) bond motifs is 2. The molecule has 0 aliphatic rings. The molecule has 9 heteroatoms. The lowest BCUT2D eigenvalue weighted by atomic mass is 10.3. The maximum Gasteiger partial charge on any atom is 0.291 e. The van der Waals surface area contributed by atoms with E-state index >= 15 is 0 Å². The molecule has 5 rings (SSSR count). The lowest BCUT2D eigenvalue weighted by Crippen LogP contribution is -2.19. The molecule has 3 heterocycles. The number of hydrogen-bond acceptors (Lipinski definition) is 7. The van der Waals surface area contributed by atoms with Crippen LogP contribution in [0.2, 0.25) is 0 Å². The van der Waals surface area contributed by atoms with Crippen LogP contribution in [0, 0.1) is 0 Å². The summed E-state index contributed by atoms with van der Waals surface area (Å²) in [4.78, 5) is 17.0. The average Bonchev–Trinajstić information content (AvgIpc) is 3.28. The Labute approximate surface area is 150 Å². The van der Waals surface area contributed by atoms with Gasteiger partial charge in [0.25, 0.3) is 10.8 Å². The third kappa shape index (κ3) is 2.37. The molecule has 0 saturated carbocycles. The van der Waals surface area contributed by atoms with Gasteiger partial charge in [-0.25, -0.2) is 9.67 Å². The predicted molar refractivity (Wildman–Crippen MR) is 96.2 cm³/mol. The molecule has 126 valence electrons. The fourth-order valence-corrected chi connectivity index (χ4v) is 3.27. The summed E-state index contributed by atoms with van der Waals surface area (Å²) in [5, 5.41) is 13.1. The molecule has 0 saturated heterocycles. The summed E-state index contributed by atoms with van der Waals surface area (Å²) >= 11 is 0.976. The molecule has 26 heavy (non-hydrogen) atoms. The van der Waals surface area contributed by atoms with Crippen LogP contribution in [0.25, 0.3) is 27.8 Å². The van der Waals surface area contributed by atoms with E-state index in [1.807, 2.05) is 54.6 Å². The summed E-state index contributed by atoms with van der Waals surface area (Å²) < 4.78 is 8.34. The van der Waals surface area contributed by atoms with E-state index < -0.39 is 0 Å². The van der Waals surface area contributed by atoms with E-state index in [0.717, 1.165) is 21.7 Å². The standard InChI is InChI=1S/C17H10N6O2S/c24-16-12-10-18-22(11-6-2-1-3-7-11)15(12)20-21-23(16)26-17-19-13-8-4-5-9-14(13)25-17/h1-10H. The van der Waals surface area contributed by atoms with Gasteiger partial charge < -0.3 is 4.42 Å². The highest BCUT2D eigenvalue weighted by molar-refractivity contribution is 7.97. The number of rotatable bonds is 3. The van der Waals surface area contributed by atoms with Crippen LogP contribution in [0.3, 0.4) is 0 Å². The zero-order chi connectivity index (χ0) is 17.5. The van der Waals surface area contributed by atoms with Crippen molar-refractivity contribution in [2.45, 2.75) is 5.22 Å². The Balaban J connectivity index is 1.57. The summed E-state index contributed by atoms with van der Waals surface area (Å²) in [5.74, 6) is 0. The van der Waals surface area contributed by atoms with Crippen LogP contribution in [-0.2, 0) is 0 Å². The minimum Gasteiger partial charge on any atom is -0.430 e. The molecule has 0 fully saturated rings. The zero-order valence-corrected chi connectivity index (χ0v) is 14.0. The van der Waals surface area contributed by atoms with E-state index in [1.54, 1.807) is 4.68 Å². The molecule has 0 atom stereocenters. The second-order valence-corrected chi connectivity index (χ2v) is 6.31. The minimum atomic E-state index is -0.329. The van der Waals surface area contributed by atoms with Gasteiger partial charge in [0.1, 0.15) is 10.9 Å². The van der Waals surface area contributed by atoms with Crippen molar-refractivity contribution < 1.29 is 4.42 Å². The van der Waals surface area contributed by atoms with E-state index in [2.05, 4.69) is 20.4 Å². The number of para-hydroxylation sites is 3. The van der Waals surface area contributed by atoms with Crippen LogP contribution in [0.5, 0.6) is 0 Å². The number of oxazole rings is 1. The lowest BCUT2D eigenvalue weighted by molar-refractivity contribution is 0.487. The first kappa shape index (κ1) is 14.8. The summed E-state index contributed by atoms with van der Waals surface area (Å²) in [7, 11) is 0. The third-order valence-electron chi connectivity index (χ3n) is 3.81. The van der Waals surface area contributed by atoms with E-state index in [9.17, 15) is 4.79 Å². The van der Waals surface area contributed by atoms with Gasteiger partial charge >= 0.3 is 0 Å². The summed E-state index contributed by atoms with van der Waals surface area (Å²) in [6.07, 6.45) is 1.49. The molecule has 0 radical (unpaired) electrons. The molecule has 0 amide bonds. The number of aromatic nitrogens is 6. The largest absolute Gasteiger partial charge is 0.430 e. The molecule has 0 spiro atoms. The summed E-state index contributed by atoms with van der Waals surface area (Å²) in [6, 6.07) is 16.8. The molecule has 0 aliphatic carbocycles. The van der Waals surface area contributed by atoms with E-state index in [-0.39, 0.29) is 5.56 Å². The van der Waals surface area contributed by atoms with Crippen molar-refractivity contribution in [3.05, 3.63) is 71.1 Å². The Morgan fingerprint density at radius 3 is 2.65 bits per heavy atom. The van der Waals surface area contributed by atoms with Crippen LogP contribution in [0.15, 0.2) is 75.2 Å². The van der Waals surface area contributed by atoms with Crippen molar-refractivity contribution in [3.63, 3.8) is 0 Å². The molecule has 5 aromatic rings. The second kappa shape index (κ2) is 5.81. The third-order valence-corrected chi connectivity index (χ3v) is 4.55. The predicted octanol–water partition coefficient (Wildman–Crippen LogP) is 2.67. The van der Waals surface area contributed by atoms with Crippen molar-refractivity contribution in [3.8, 4) is 5.69 Å². The molecule has 0 N–H and O–H groups in total. The average molecular weight is 362 g/mol. The SMILES string of the molecule is O=c1c2cnn(-c3ccccc3)c2nnn1Sc1nc2ccccc2o1. The minimum absolute atomic E-state index is 0.317. The van der Waals surface area contributed by atoms with Gasteiger partial charge in [-0.3, -0.25) is 4.79 Å². The maximum absolute atomic E-state index is 12.7. The Hall–Kier alpha value is -3.46. The van der Waals surface area contributed by atoms with Crippen LogP contribution in [-0.4, -0.2) is 29.2 Å². The molecule has 0 aliphatic heterocycles. The van der Waals surface area contributed by atoms with Gasteiger partial charge in [0.2, 0.25) is 0 Å². The van der Waals surface area contributed by atoms with Crippen molar-refractivity contribution in [2.75, 3.05) is 0 Å². The highest BCUT2D eigenvalue weighted by atomic mass is 32.2. The van der Waals surface area contributed by atoms with E-state index in [0.29, 0.717) is 27.4 Å². The van der Waals surface area contributed by atoms with Gasteiger partial charge in [0.15, 0.2) is 11.2 Å². The van der Waals surface area contributed by atoms with Gasteiger partial charge in [0, 0.05) is 0 Å². The van der Waals surface area contributed by atoms with Crippen LogP contribution in [0.4, 0.5) is 0 Å². The molecule has 8 nitrogen and oxygen atoms in total. The van der Waals surface area contributed by atoms with Crippen LogP contribution in [0.1, 0.15) is 0 Å². The Kier molecular flexibility index (Phi) is 3.32. The maximum atomic E-state index is 12.7. The first-order chi connectivity index (χ1) is 12.8. The first-order valence-corrected chi connectivity index (χ1v) is 8.50. The van der Waals surface area contributed by atoms with Crippen molar-refractivity contribution in [2.24, 2.45) is 0 Å². The fourth-order valence-electron chi connectivity index (χ4n) is 2.60. The number of hydrogen-bond donors (Lipinski definition) is 0. The topological polar surface area (TPSA) is 91.6 Å². The van der Waals surface area contributed by atoms with E-state index in [4.69, 9.17) is 4.42 Å². The normalized spacial score (nSPS) is 11.4. The molecule has 0 unspecified atom stereocenters. The number of nitrogens with zero attached hydrogens (tertiary/aromatic N) is 6. The zero-order valence-electron chi connectivity index (χ0n) is 13.2. The Morgan fingerprint density at radius 1 is 1.00 bits per heavy atom. The smallest absolute Gasteiger partial charge is 0.291 e. The van der Waals surface area contributed by atoms with Crippen molar-refractivity contribution in [1.82, 2.24) is 29.2 Å². The molecule has 3 aromatic heterocycles. The Bertz CT molecular complexity index is 1260. The van der Waals surface area contributed by atoms with E-state index in [1.165, 1.54) is 6.20 Å². The lowest BCUT2D eigenvalue weighted by Gasteiger charge is -2.02. The molecular weight excluding hydrogens is 352 g/mol. The first-order valence-electron chi connectivity index (χ1n) is 7.73. The van der Waals surface area contributed by atoms with Gasteiger partial charge in [-0.1, -0.05) is 30.3 Å². The van der Waals surface area contributed by atoms with Crippen molar-refractivity contribution in [1.29, 1.82) is 0 Å². The molecule has 2 aromatic carbocycles. The van der Waals surface area contributed by atoms with Gasteiger partial charge in [0.05, 0.1) is 23.8 Å². The molecule has 0 bridgehead atoms. The monoisotopic (exact) mass is 362 g/mol.